The van der Waals surface area contributed by atoms with E-state index < -0.39 is 0 Å². The van der Waals surface area contributed by atoms with E-state index in [0.29, 0.717) is 13.0 Å². The number of piperidine rings is 1. The molecule has 1 aliphatic heterocycles. The first-order chi connectivity index (χ1) is 10.1. The molecule has 1 fully saturated rings. The zero-order valence-corrected chi connectivity index (χ0v) is 14.2. The van der Waals surface area contributed by atoms with E-state index in [0.717, 1.165) is 52.0 Å². The summed E-state index contributed by atoms with van der Waals surface area (Å²) in [6.07, 6.45) is 5.26. The summed E-state index contributed by atoms with van der Waals surface area (Å²) in [4.78, 5) is 19.0. The molecule has 1 amide bonds. The number of hydrogen-bond donors (Lipinski definition) is 1. The van der Waals surface area contributed by atoms with Crippen molar-refractivity contribution in [1.29, 1.82) is 0 Å². The van der Waals surface area contributed by atoms with Gasteiger partial charge in [0.1, 0.15) is 0 Å². The van der Waals surface area contributed by atoms with Gasteiger partial charge in [0.2, 0.25) is 5.91 Å². The Kier molecular flexibility index (Phi) is 8.88. The molecule has 2 N–H and O–H groups in total. The van der Waals surface area contributed by atoms with Crippen molar-refractivity contribution < 1.29 is 4.79 Å². The Balaban J connectivity index is 2.43. The third-order valence-corrected chi connectivity index (χ3v) is 4.36. The molecule has 0 aromatic carbocycles. The van der Waals surface area contributed by atoms with Gasteiger partial charge in [0.25, 0.3) is 0 Å². The first-order valence-electron chi connectivity index (χ1n) is 8.45. The molecule has 1 atom stereocenters. The maximum absolute atomic E-state index is 12.4. The van der Waals surface area contributed by atoms with E-state index in [1.807, 2.05) is 4.90 Å². The molecule has 1 saturated heterocycles. The quantitative estimate of drug-likeness (QED) is 0.690. The highest BCUT2D eigenvalue weighted by atomic mass is 16.2. The molecule has 0 radical (unpaired) electrons. The van der Waals surface area contributed by atoms with Crippen LogP contribution < -0.4 is 5.73 Å². The van der Waals surface area contributed by atoms with Crippen molar-refractivity contribution in [3.8, 4) is 0 Å². The number of carbonyl (C=O) groups is 1. The molecule has 124 valence electrons. The number of likely N-dealkylation sites (tertiary alicyclic amines) is 1. The minimum Gasteiger partial charge on any atom is -0.343 e. The molecule has 1 heterocycles. The Bertz CT molecular complexity index is 290. The van der Waals surface area contributed by atoms with Crippen molar-refractivity contribution in [2.24, 2.45) is 5.73 Å². The SMILES string of the molecule is CCN(CCCN(C)C)C(CN)CC(=O)N1CCCCC1. The lowest BCUT2D eigenvalue weighted by Gasteiger charge is -2.33. The minimum absolute atomic E-state index is 0.187. The standard InChI is InChI=1S/C16H34N4O/c1-4-19(12-8-9-18(2)3)15(14-17)13-16(21)20-10-6-5-7-11-20/h15H,4-14,17H2,1-3H3. The molecular weight excluding hydrogens is 264 g/mol. The number of likely N-dealkylation sites (N-methyl/N-ethyl adjacent to an activating group) is 1. The van der Waals surface area contributed by atoms with Gasteiger partial charge in [-0.15, -0.1) is 0 Å². The van der Waals surface area contributed by atoms with E-state index in [-0.39, 0.29) is 11.9 Å². The lowest BCUT2D eigenvalue weighted by molar-refractivity contribution is -0.133. The fourth-order valence-electron chi connectivity index (χ4n) is 3.02. The van der Waals surface area contributed by atoms with Crippen LogP contribution in [0.4, 0.5) is 0 Å². The molecule has 5 heteroatoms. The van der Waals surface area contributed by atoms with Crippen LogP contribution in [0.2, 0.25) is 0 Å². The summed E-state index contributed by atoms with van der Waals surface area (Å²) in [5.74, 6) is 0.288. The van der Waals surface area contributed by atoms with Gasteiger partial charge >= 0.3 is 0 Å². The predicted molar refractivity (Wildman–Crippen MR) is 88.3 cm³/mol. The van der Waals surface area contributed by atoms with Crippen LogP contribution in [0, 0.1) is 0 Å². The summed E-state index contributed by atoms with van der Waals surface area (Å²) < 4.78 is 0. The summed E-state index contributed by atoms with van der Waals surface area (Å²) in [5.41, 5.74) is 5.94. The van der Waals surface area contributed by atoms with Gasteiger partial charge in [0.15, 0.2) is 0 Å². The highest BCUT2D eigenvalue weighted by molar-refractivity contribution is 5.76. The van der Waals surface area contributed by atoms with Crippen LogP contribution in [-0.4, -0.2) is 80.0 Å². The second-order valence-electron chi connectivity index (χ2n) is 6.32. The van der Waals surface area contributed by atoms with Crippen LogP contribution in [0.5, 0.6) is 0 Å². The monoisotopic (exact) mass is 298 g/mol. The average Bonchev–Trinajstić information content (AvgIpc) is 2.50. The second-order valence-corrected chi connectivity index (χ2v) is 6.32. The highest BCUT2D eigenvalue weighted by Gasteiger charge is 2.23. The molecule has 0 spiro atoms. The molecule has 0 aromatic rings. The molecule has 1 rings (SSSR count). The first-order valence-corrected chi connectivity index (χ1v) is 8.45. The molecule has 0 saturated carbocycles. The third-order valence-electron chi connectivity index (χ3n) is 4.36. The zero-order chi connectivity index (χ0) is 15.7. The second kappa shape index (κ2) is 10.1. The average molecular weight is 298 g/mol. The van der Waals surface area contributed by atoms with Crippen LogP contribution in [0.25, 0.3) is 0 Å². The van der Waals surface area contributed by atoms with E-state index >= 15 is 0 Å². The third kappa shape index (κ3) is 6.76. The summed E-state index contributed by atoms with van der Waals surface area (Å²) in [6, 6.07) is 0.187. The molecule has 0 aromatic heterocycles. The van der Waals surface area contributed by atoms with Gasteiger partial charge in [0, 0.05) is 32.1 Å². The number of nitrogens with zero attached hydrogens (tertiary/aromatic N) is 3. The Hall–Kier alpha value is -0.650. The number of rotatable bonds is 9. The van der Waals surface area contributed by atoms with E-state index in [1.54, 1.807) is 0 Å². The lowest BCUT2D eigenvalue weighted by Crippen LogP contribution is -2.46. The summed E-state index contributed by atoms with van der Waals surface area (Å²) >= 11 is 0. The van der Waals surface area contributed by atoms with E-state index in [2.05, 4.69) is 30.8 Å². The largest absolute Gasteiger partial charge is 0.343 e. The van der Waals surface area contributed by atoms with Gasteiger partial charge in [-0.05, 0) is 59.4 Å². The normalized spacial score (nSPS) is 17.5. The van der Waals surface area contributed by atoms with Crippen molar-refractivity contribution in [2.75, 3.05) is 53.4 Å². The van der Waals surface area contributed by atoms with Gasteiger partial charge < -0.3 is 15.5 Å². The van der Waals surface area contributed by atoms with Crippen molar-refractivity contribution in [2.45, 2.75) is 45.1 Å². The molecule has 0 bridgehead atoms. The topological polar surface area (TPSA) is 52.8 Å². The minimum atomic E-state index is 0.187. The van der Waals surface area contributed by atoms with Crippen LogP contribution in [0.1, 0.15) is 39.0 Å². The number of amides is 1. The van der Waals surface area contributed by atoms with Gasteiger partial charge in [-0.3, -0.25) is 9.69 Å². The number of hydrogen-bond acceptors (Lipinski definition) is 4. The number of nitrogens with two attached hydrogens (primary N) is 1. The molecule has 5 nitrogen and oxygen atoms in total. The highest BCUT2D eigenvalue weighted by Crippen LogP contribution is 2.13. The van der Waals surface area contributed by atoms with Crippen LogP contribution in [-0.2, 0) is 4.79 Å². The van der Waals surface area contributed by atoms with E-state index in [9.17, 15) is 4.79 Å². The molecule has 21 heavy (non-hydrogen) atoms. The Morgan fingerprint density at radius 3 is 2.38 bits per heavy atom. The maximum Gasteiger partial charge on any atom is 0.224 e. The zero-order valence-electron chi connectivity index (χ0n) is 14.2. The molecular formula is C16H34N4O. The van der Waals surface area contributed by atoms with Gasteiger partial charge in [0.05, 0.1) is 0 Å². The number of carbonyl (C=O) groups excluding carboxylic acids is 1. The summed E-state index contributed by atoms with van der Waals surface area (Å²) in [5, 5.41) is 0. The lowest BCUT2D eigenvalue weighted by atomic mass is 10.1. The Labute approximate surface area is 130 Å². The van der Waals surface area contributed by atoms with Crippen LogP contribution in [0.3, 0.4) is 0 Å². The van der Waals surface area contributed by atoms with E-state index in [4.69, 9.17) is 5.73 Å². The smallest absolute Gasteiger partial charge is 0.224 e. The van der Waals surface area contributed by atoms with Gasteiger partial charge in [-0.2, -0.15) is 0 Å². The molecule has 1 aliphatic rings. The fourth-order valence-corrected chi connectivity index (χ4v) is 3.02. The Morgan fingerprint density at radius 2 is 1.86 bits per heavy atom. The van der Waals surface area contributed by atoms with Crippen molar-refractivity contribution in [3.05, 3.63) is 0 Å². The van der Waals surface area contributed by atoms with Crippen LogP contribution >= 0.6 is 0 Å². The van der Waals surface area contributed by atoms with Crippen LogP contribution in [0.15, 0.2) is 0 Å². The predicted octanol–water partition coefficient (Wildman–Crippen LogP) is 0.990. The van der Waals surface area contributed by atoms with E-state index in [1.165, 1.54) is 6.42 Å². The first kappa shape index (κ1) is 18.4. The summed E-state index contributed by atoms with van der Waals surface area (Å²) in [7, 11) is 4.19. The van der Waals surface area contributed by atoms with Gasteiger partial charge in [-0.25, -0.2) is 0 Å². The maximum atomic E-state index is 12.4. The summed E-state index contributed by atoms with van der Waals surface area (Å²) in [6.45, 7) is 7.64. The van der Waals surface area contributed by atoms with Crippen molar-refractivity contribution in [1.82, 2.24) is 14.7 Å². The molecule has 0 aliphatic carbocycles. The van der Waals surface area contributed by atoms with Gasteiger partial charge in [-0.1, -0.05) is 6.92 Å². The molecule has 1 unspecified atom stereocenters. The Morgan fingerprint density at radius 1 is 1.19 bits per heavy atom. The van der Waals surface area contributed by atoms with Crippen molar-refractivity contribution >= 4 is 5.91 Å². The fraction of sp³-hybridized carbons (Fsp3) is 0.938. The van der Waals surface area contributed by atoms with Crippen molar-refractivity contribution in [3.63, 3.8) is 0 Å².